The summed E-state index contributed by atoms with van der Waals surface area (Å²) in [6, 6.07) is 6.24. The number of likely N-dealkylation sites (N-methyl/N-ethyl adjacent to an activating group) is 1. The molecule has 0 saturated heterocycles. The molecule has 0 radical (unpaired) electrons. The number of H-pyrrole nitrogens is 1. The number of hydrogen-bond donors (Lipinski definition) is 1. The van der Waals surface area contributed by atoms with Crippen LogP contribution in [0.2, 0.25) is 0 Å². The van der Waals surface area contributed by atoms with E-state index in [1.54, 1.807) is 18.9 Å². The number of hydrogen-bond acceptors (Lipinski definition) is 4. The molecule has 0 fully saturated rings. The lowest BCUT2D eigenvalue weighted by Crippen LogP contribution is -2.33. The lowest BCUT2D eigenvalue weighted by atomic mass is 10.1. The predicted octanol–water partition coefficient (Wildman–Crippen LogP) is 3.46. The van der Waals surface area contributed by atoms with Gasteiger partial charge in [0.15, 0.2) is 5.82 Å². The summed E-state index contributed by atoms with van der Waals surface area (Å²) >= 11 is 5.81. The molecule has 132 valence electrons. The monoisotopic (exact) mass is 360 g/mol. The van der Waals surface area contributed by atoms with E-state index in [1.165, 1.54) is 5.56 Å². The molecule has 3 rings (SSSR count). The molecule has 0 aliphatic heterocycles. The Hall–Kier alpha value is -2.34. The number of amides is 1. The minimum Gasteiger partial charge on any atom is -0.350 e. The van der Waals surface area contributed by atoms with Crippen LogP contribution in [0.15, 0.2) is 22.7 Å². The zero-order valence-electron chi connectivity index (χ0n) is 14.8. The van der Waals surface area contributed by atoms with Crippen LogP contribution < -0.4 is 0 Å². The van der Waals surface area contributed by atoms with Crippen molar-refractivity contribution in [2.24, 2.45) is 0 Å². The zero-order valence-corrected chi connectivity index (χ0v) is 15.5. The molecule has 1 N–H and O–H groups in total. The Kier molecular flexibility index (Phi) is 4.81. The number of fused-ring (bicyclic) bond motifs is 1. The molecule has 0 aliphatic rings. The Bertz CT molecular complexity index is 913. The zero-order chi connectivity index (χ0) is 18.1. The van der Waals surface area contributed by atoms with Gasteiger partial charge in [-0.1, -0.05) is 16.8 Å². The summed E-state index contributed by atoms with van der Waals surface area (Å²) in [5, 5.41) is 4.63. The van der Waals surface area contributed by atoms with E-state index >= 15 is 0 Å². The maximum absolute atomic E-state index is 11.8. The van der Waals surface area contributed by atoms with Crippen molar-refractivity contribution in [3.63, 3.8) is 0 Å². The number of nitrogens with one attached hydrogen (secondary N) is 1. The summed E-state index contributed by atoms with van der Waals surface area (Å²) in [5.74, 6) is 0.902. The number of aromatic amines is 1. The van der Waals surface area contributed by atoms with Crippen LogP contribution in [0.1, 0.15) is 23.9 Å². The molecule has 2 aromatic heterocycles. The van der Waals surface area contributed by atoms with Crippen molar-refractivity contribution >= 4 is 28.4 Å². The predicted molar refractivity (Wildman–Crippen MR) is 97.7 cm³/mol. The number of alkyl halides is 1. The molecule has 3 aromatic rings. The van der Waals surface area contributed by atoms with Gasteiger partial charge < -0.3 is 14.4 Å². The summed E-state index contributed by atoms with van der Waals surface area (Å²) in [4.78, 5) is 21.2. The molecule has 1 atom stereocenters. The number of carbonyl (C=O) groups is 1. The van der Waals surface area contributed by atoms with E-state index in [1.807, 2.05) is 13.0 Å². The molecule has 0 bridgehead atoms. The van der Waals surface area contributed by atoms with E-state index < -0.39 is 5.38 Å². The highest BCUT2D eigenvalue weighted by molar-refractivity contribution is 6.30. The topological polar surface area (TPSA) is 75.0 Å². The third-order valence-electron chi connectivity index (χ3n) is 4.28. The van der Waals surface area contributed by atoms with Gasteiger partial charge in [-0.3, -0.25) is 4.79 Å². The number of aromatic nitrogens is 3. The molecule has 6 nitrogen and oxygen atoms in total. The first kappa shape index (κ1) is 17.5. The van der Waals surface area contributed by atoms with Gasteiger partial charge in [-0.25, -0.2) is 0 Å². The first-order valence-electron chi connectivity index (χ1n) is 8.17. The Labute approximate surface area is 151 Å². The normalized spacial score (nSPS) is 12.5. The van der Waals surface area contributed by atoms with Crippen LogP contribution in [0.5, 0.6) is 0 Å². The van der Waals surface area contributed by atoms with Crippen molar-refractivity contribution in [1.82, 2.24) is 20.0 Å². The number of halogens is 1. The maximum atomic E-state index is 11.8. The Balaban J connectivity index is 1.78. The van der Waals surface area contributed by atoms with Crippen LogP contribution in [-0.2, 0) is 11.2 Å². The van der Waals surface area contributed by atoms with Gasteiger partial charge in [0.2, 0.25) is 5.91 Å². The van der Waals surface area contributed by atoms with Crippen LogP contribution >= 0.6 is 11.6 Å². The molecule has 1 unspecified atom stereocenters. The fraction of sp³-hybridized carbons (Fsp3) is 0.389. The number of aryl methyl sites for hydroxylation is 2. The number of nitrogens with zero attached hydrogens (tertiary/aromatic N) is 3. The second-order valence-corrected chi connectivity index (χ2v) is 6.97. The second-order valence-electron chi connectivity index (χ2n) is 6.32. The van der Waals surface area contributed by atoms with Gasteiger partial charge in [0, 0.05) is 30.9 Å². The fourth-order valence-electron chi connectivity index (χ4n) is 2.79. The van der Waals surface area contributed by atoms with Crippen LogP contribution in [-0.4, -0.2) is 44.9 Å². The van der Waals surface area contributed by atoms with Gasteiger partial charge in [-0.05, 0) is 38.5 Å². The highest BCUT2D eigenvalue weighted by Crippen LogP contribution is 2.29. The first-order valence-corrected chi connectivity index (χ1v) is 8.61. The number of rotatable bonds is 5. The standard InChI is InChI=1S/C18H21ClN4O2/c1-10-5-6-14-13(9-10)11(2)16(20-14)17-21-15(22-25-17)7-8-23(4)18(24)12(3)19/h5-6,9,12,20H,7-8H2,1-4H3. The largest absolute Gasteiger partial charge is 0.350 e. The molecular weight excluding hydrogens is 340 g/mol. The highest BCUT2D eigenvalue weighted by Gasteiger charge is 2.18. The van der Waals surface area contributed by atoms with Gasteiger partial charge >= 0.3 is 0 Å². The van der Waals surface area contributed by atoms with Crippen molar-refractivity contribution in [1.29, 1.82) is 0 Å². The third kappa shape index (κ3) is 3.54. The number of benzene rings is 1. The van der Waals surface area contributed by atoms with Gasteiger partial charge in [0.1, 0.15) is 11.1 Å². The minimum atomic E-state index is -0.539. The smallest absolute Gasteiger partial charge is 0.274 e. The second kappa shape index (κ2) is 6.88. The van der Waals surface area contributed by atoms with Gasteiger partial charge in [-0.2, -0.15) is 4.98 Å². The van der Waals surface area contributed by atoms with Crippen LogP contribution in [0.4, 0.5) is 0 Å². The molecule has 1 amide bonds. The molecule has 1 aromatic carbocycles. The SMILES string of the molecule is Cc1ccc2[nH]c(-c3nc(CCN(C)C(=O)C(C)Cl)no3)c(C)c2c1. The molecule has 0 spiro atoms. The first-order chi connectivity index (χ1) is 11.9. The summed E-state index contributed by atoms with van der Waals surface area (Å²) < 4.78 is 5.41. The summed E-state index contributed by atoms with van der Waals surface area (Å²) in [6.45, 7) is 6.24. The molecule has 7 heteroatoms. The van der Waals surface area contributed by atoms with Gasteiger partial charge in [-0.15, -0.1) is 11.6 Å². The van der Waals surface area contributed by atoms with Gasteiger partial charge in [0.25, 0.3) is 5.89 Å². The summed E-state index contributed by atoms with van der Waals surface area (Å²) in [5.41, 5.74) is 4.16. The third-order valence-corrected chi connectivity index (χ3v) is 4.47. The lowest BCUT2D eigenvalue weighted by Gasteiger charge is -2.17. The van der Waals surface area contributed by atoms with E-state index in [2.05, 4.69) is 34.2 Å². The Morgan fingerprint density at radius 1 is 1.40 bits per heavy atom. The average molecular weight is 361 g/mol. The van der Waals surface area contributed by atoms with Crippen molar-refractivity contribution in [2.45, 2.75) is 32.6 Å². The van der Waals surface area contributed by atoms with Crippen molar-refractivity contribution in [3.8, 4) is 11.6 Å². The van der Waals surface area contributed by atoms with Crippen molar-refractivity contribution in [2.75, 3.05) is 13.6 Å². The summed E-state index contributed by atoms with van der Waals surface area (Å²) in [6.07, 6.45) is 0.508. The van der Waals surface area contributed by atoms with Crippen LogP contribution in [0.25, 0.3) is 22.5 Å². The number of carbonyl (C=O) groups excluding carboxylic acids is 1. The van der Waals surface area contributed by atoms with E-state index in [0.717, 1.165) is 22.2 Å². The van der Waals surface area contributed by atoms with Gasteiger partial charge in [0.05, 0.1) is 0 Å². The molecule has 2 heterocycles. The molecule has 0 saturated carbocycles. The Morgan fingerprint density at radius 2 is 2.16 bits per heavy atom. The molecular formula is C18H21ClN4O2. The van der Waals surface area contributed by atoms with E-state index in [9.17, 15) is 4.79 Å². The average Bonchev–Trinajstić information content (AvgIpc) is 3.17. The maximum Gasteiger partial charge on any atom is 0.274 e. The fourth-order valence-corrected chi connectivity index (χ4v) is 2.96. The van der Waals surface area contributed by atoms with E-state index in [-0.39, 0.29) is 5.91 Å². The Morgan fingerprint density at radius 3 is 2.88 bits per heavy atom. The van der Waals surface area contributed by atoms with E-state index in [0.29, 0.717) is 24.7 Å². The highest BCUT2D eigenvalue weighted by atomic mass is 35.5. The molecule has 25 heavy (non-hydrogen) atoms. The van der Waals surface area contributed by atoms with Crippen molar-refractivity contribution < 1.29 is 9.32 Å². The lowest BCUT2D eigenvalue weighted by molar-refractivity contribution is -0.129. The summed E-state index contributed by atoms with van der Waals surface area (Å²) in [7, 11) is 1.71. The van der Waals surface area contributed by atoms with Crippen LogP contribution in [0, 0.1) is 13.8 Å². The van der Waals surface area contributed by atoms with Crippen LogP contribution in [0.3, 0.4) is 0 Å². The quantitative estimate of drug-likeness (QED) is 0.707. The molecule has 0 aliphatic carbocycles. The van der Waals surface area contributed by atoms with E-state index in [4.69, 9.17) is 16.1 Å². The van der Waals surface area contributed by atoms with Crippen molar-refractivity contribution in [3.05, 3.63) is 35.2 Å². The minimum absolute atomic E-state index is 0.118.